The Hall–Kier alpha value is -1.16. The molecule has 0 fully saturated rings. The van der Waals surface area contributed by atoms with Crippen LogP contribution in [0.1, 0.15) is 11.1 Å². The molecule has 1 aliphatic heterocycles. The van der Waals surface area contributed by atoms with Crippen molar-refractivity contribution >= 4 is 23.2 Å². The van der Waals surface area contributed by atoms with Gasteiger partial charge in [0.15, 0.2) is 0 Å². The number of benzene rings is 1. The molecule has 0 atom stereocenters. The maximum atomic E-state index is 13.3. The molecule has 0 bridgehead atoms. The average Bonchev–Trinajstić information content (AvgIpc) is 2.78. The van der Waals surface area contributed by atoms with Crippen molar-refractivity contribution in [2.75, 3.05) is 0 Å². The van der Waals surface area contributed by atoms with Crippen LogP contribution in [-0.4, -0.2) is 4.98 Å². The average molecular weight is 284 g/mol. The van der Waals surface area contributed by atoms with Gasteiger partial charge in [-0.15, -0.1) is 0 Å². The van der Waals surface area contributed by atoms with Crippen LogP contribution in [0.25, 0.3) is 11.1 Å². The Balaban J connectivity index is 2.27. The van der Waals surface area contributed by atoms with Crippen molar-refractivity contribution in [2.24, 2.45) is 0 Å². The quantitative estimate of drug-likeness (QED) is 0.731. The van der Waals surface area contributed by atoms with E-state index in [1.165, 1.54) is 12.1 Å². The molecule has 2 aromatic rings. The molecule has 0 saturated heterocycles. The molecule has 0 saturated carbocycles. The van der Waals surface area contributed by atoms with Gasteiger partial charge in [-0.2, -0.15) is 0 Å². The second-order valence-corrected chi connectivity index (χ2v) is 4.74. The van der Waals surface area contributed by atoms with Gasteiger partial charge in [0, 0.05) is 11.1 Å². The molecule has 0 N–H and O–H groups in total. The van der Waals surface area contributed by atoms with E-state index in [0.717, 1.165) is 11.1 Å². The molecule has 1 aromatic heterocycles. The third-order valence-corrected chi connectivity index (χ3v) is 3.51. The molecule has 3 rings (SSSR count). The summed E-state index contributed by atoms with van der Waals surface area (Å²) in [5, 5.41) is 0.627. The predicted molar refractivity (Wildman–Crippen MR) is 68.1 cm³/mol. The van der Waals surface area contributed by atoms with E-state index in [9.17, 15) is 4.39 Å². The van der Waals surface area contributed by atoms with Crippen molar-refractivity contribution in [3.63, 3.8) is 0 Å². The van der Waals surface area contributed by atoms with Gasteiger partial charge in [0.25, 0.3) is 0 Å². The van der Waals surface area contributed by atoms with Gasteiger partial charge >= 0.3 is 0 Å². The van der Waals surface area contributed by atoms with Crippen LogP contribution in [0.5, 0.6) is 0 Å². The van der Waals surface area contributed by atoms with Crippen LogP contribution in [-0.2, 0) is 18.0 Å². The highest BCUT2D eigenvalue weighted by Crippen LogP contribution is 2.38. The summed E-state index contributed by atoms with van der Waals surface area (Å²) in [7, 11) is 0. The number of rotatable bonds is 1. The van der Waals surface area contributed by atoms with Gasteiger partial charge < -0.3 is 4.74 Å². The van der Waals surface area contributed by atoms with Crippen LogP contribution in [0.4, 0.5) is 4.39 Å². The van der Waals surface area contributed by atoms with E-state index in [0.29, 0.717) is 29.5 Å². The highest BCUT2D eigenvalue weighted by Gasteiger charge is 2.23. The molecule has 0 spiro atoms. The summed E-state index contributed by atoms with van der Waals surface area (Å²) in [6.07, 6.45) is 0. The van der Waals surface area contributed by atoms with E-state index in [1.807, 2.05) is 0 Å². The minimum absolute atomic E-state index is 0.273. The summed E-state index contributed by atoms with van der Waals surface area (Å²) in [6, 6.07) is 6.24. The molecule has 0 aliphatic carbocycles. The van der Waals surface area contributed by atoms with Gasteiger partial charge in [0.1, 0.15) is 16.1 Å². The minimum Gasteiger partial charge on any atom is -0.372 e. The normalized spacial score (nSPS) is 13.7. The Morgan fingerprint density at radius 3 is 2.67 bits per heavy atom. The molecule has 0 radical (unpaired) electrons. The van der Waals surface area contributed by atoms with Crippen molar-refractivity contribution in [3.8, 4) is 11.1 Å². The molecule has 0 unspecified atom stereocenters. The van der Waals surface area contributed by atoms with Gasteiger partial charge in [-0.3, -0.25) is 0 Å². The van der Waals surface area contributed by atoms with Gasteiger partial charge in [-0.05, 0) is 23.3 Å². The maximum Gasteiger partial charge on any atom is 0.139 e. The van der Waals surface area contributed by atoms with Crippen molar-refractivity contribution in [1.29, 1.82) is 0 Å². The van der Waals surface area contributed by atoms with Crippen LogP contribution >= 0.6 is 23.2 Å². The molecule has 0 amide bonds. The number of ether oxygens (including phenoxy) is 1. The molecule has 92 valence electrons. The maximum absolute atomic E-state index is 13.3. The first-order valence-electron chi connectivity index (χ1n) is 5.37. The smallest absolute Gasteiger partial charge is 0.139 e. The molecule has 1 aliphatic rings. The summed E-state index contributed by atoms with van der Waals surface area (Å²) >= 11 is 12.1. The molecule has 2 heterocycles. The third-order valence-electron chi connectivity index (χ3n) is 2.92. The molecule has 1 aromatic carbocycles. The number of hydrogen-bond donors (Lipinski definition) is 0. The zero-order valence-electron chi connectivity index (χ0n) is 9.21. The summed E-state index contributed by atoms with van der Waals surface area (Å²) < 4.78 is 18.7. The van der Waals surface area contributed by atoms with Gasteiger partial charge in [0.2, 0.25) is 0 Å². The fourth-order valence-corrected chi connectivity index (χ4v) is 2.71. The highest BCUT2D eigenvalue weighted by molar-refractivity contribution is 6.35. The lowest BCUT2D eigenvalue weighted by atomic mass is 10.00. The highest BCUT2D eigenvalue weighted by atomic mass is 35.5. The monoisotopic (exact) mass is 283 g/mol. The van der Waals surface area contributed by atoms with E-state index in [-0.39, 0.29) is 11.0 Å². The Morgan fingerprint density at radius 1 is 1.11 bits per heavy atom. The van der Waals surface area contributed by atoms with E-state index in [4.69, 9.17) is 27.9 Å². The van der Waals surface area contributed by atoms with Crippen LogP contribution in [0, 0.1) is 5.82 Å². The lowest BCUT2D eigenvalue weighted by Crippen LogP contribution is -1.95. The van der Waals surface area contributed by atoms with Crippen LogP contribution in [0.3, 0.4) is 0 Å². The molecule has 18 heavy (non-hydrogen) atoms. The molecular weight excluding hydrogens is 276 g/mol. The minimum atomic E-state index is -0.314. The Kier molecular flexibility index (Phi) is 2.98. The fraction of sp³-hybridized carbons (Fsp3) is 0.154. The zero-order valence-corrected chi connectivity index (χ0v) is 10.7. The second-order valence-electron chi connectivity index (χ2n) is 4.03. The summed E-state index contributed by atoms with van der Waals surface area (Å²) in [6.45, 7) is 0.837. The lowest BCUT2D eigenvalue weighted by Gasteiger charge is -2.10. The van der Waals surface area contributed by atoms with E-state index < -0.39 is 0 Å². The van der Waals surface area contributed by atoms with E-state index in [1.54, 1.807) is 12.1 Å². The molecule has 5 heteroatoms. The molecular formula is C13H8Cl2FNO. The van der Waals surface area contributed by atoms with Crippen molar-refractivity contribution < 1.29 is 9.13 Å². The van der Waals surface area contributed by atoms with Gasteiger partial charge in [-0.1, -0.05) is 35.3 Å². The Bertz CT molecular complexity index is 631. The van der Waals surface area contributed by atoms with Crippen molar-refractivity contribution in [3.05, 3.63) is 51.5 Å². The standard InChI is InChI=1S/C13H8Cl2FNO/c14-12-10-6-18-5-9(10)11(13(15)17-12)7-2-1-3-8(16)4-7/h1-4H,5-6H2. The van der Waals surface area contributed by atoms with Crippen LogP contribution in [0.15, 0.2) is 24.3 Å². The van der Waals surface area contributed by atoms with E-state index in [2.05, 4.69) is 4.98 Å². The Labute approximate surface area is 113 Å². The first kappa shape index (κ1) is 11.9. The topological polar surface area (TPSA) is 22.1 Å². The summed E-state index contributed by atoms with van der Waals surface area (Å²) in [5.41, 5.74) is 3.12. The number of aromatic nitrogens is 1. The third kappa shape index (κ3) is 1.88. The zero-order chi connectivity index (χ0) is 12.7. The van der Waals surface area contributed by atoms with Crippen molar-refractivity contribution in [2.45, 2.75) is 13.2 Å². The first-order valence-corrected chi connectivity index (χ1v) is 6.13. The SMILES string of the molecule is Fc1cccc(-c2c(Cl)nc(Cl)c3c2COC3)c1. The predicted octanol–water partition coefficient (Wildman–Crippen LogP) is 4.22. The van der Waals surface area contributed by atoms with Gasteiger partial charge in [0.05, 0.1) is 13.2 Å². The Morgan fingerprint density at radius 2 is 1.89 bits per heavy atom. The number of halogens is 3. The van der Waals surface area contributed by atoms with Crippen LogP contribution < -0.4 is 0 Å². The first-order chi connectivity index (χ1) is 8.66. The van der Waals surface area contributed by atoms with Crippen molar-refractivity contribution in [1.82, 2.24) is 4.98 Å². The second kappa shape index (κ2) is 4.50. The number of fused-ring (bicyclic) bond motifs is 1. The number of hydrogen-bond acceptors (Lipinski definition) is 2. The fourth-order valence-electron chi connectivity index (χ4n) is 2.11. The van der Waals surface area contributed by atoms with Gasteiger partial charge in [-0.25, -0.2) is 9.37 Å². The largest absolute Gasteiger partial charge is 0.372 e. The number of nitrogens with zero attached hydrogens (tertiary/aromatic N) is 1. The summed E-state index contributed by atoms with van der Waals surface area (Å²) in [4.78, 5) is 4.08. The van der Waals surface area contributed by atoms with E-state index >= 15 is 0 Å². The molecule has 2 nitrogen and oxygen atoms in total. The summed E-state index contributed by atoms with van der Waals surface area (Å²) in [5.74, 6) is -0.314. The van der Waals surface area contributed by atoms with Crippen LogP contribution in [0.2, 0.25) is 10.3 Å². The number of pyridine rings is 1. The lowest BCUT2D eigenvalue weighted by molar-refractivity contribution is 0.134.